The number of carbonyl (C=O) groups excluding carboxylic acids is 1. The van der Waals surface area contributed by atoms with Crippen molar-refractivity contribution in [3.05, 3.63) is 58.3 Å². The summed E-state index contributed by atoms with van der Waals surface area (Å²) in [6.45, 7) is 1.96. The van der Waals surface area contributed by atoms with Crippen molar-refractivity contribution in [3.63, 3.8) is 0 Å². The molecule has 0 bridgehead atoms. The summed E-state index contributed by atoms with van der Waals surface area (Å²) in [5.41, 5.74) is 7.17. The first kappa shape index (κ1) is 15.5. The molecule has 3 N–H and O–H groups in total. The molecule has 0 radical (unpaired) electrons. The topological polar surface area (TPSA) is 55.1 Å². The van der Waals surface area contributed by atoms with Crippen LogP contribution in [0, 0.1) is 5.82 Å². The van der Waals surface area contributed by atoms with Crippen molar-refractivity contribution in [1.82, 2.24) is 0 Å². The average Bonchev–Trinajstić information content (AvgIpc) is 2.43. The van der Waals surface area contributed by atoms with Crippen molar-refractivity contribution in [2.75, 3.05) is 11.1 Å². The van der Waals surface area contributed by atoms with E-state index in [0.29, 0.717) is 5.69 Å². The van der Waals surface area contributed by atoms with Gasteiger partial charge < -0.3 is 11.1 Å². The van der Waals surface area contributed by atoms with E-state index in [1.165, 1.54) is 18.2 Å². The highest BCUT2D eigenvalue weighted by Gasteiger charge is 2.13. The van der Waals surface area contributed by atoms with Crippen molar-refractivity contribution >= 4 is 33.2 Å². The van der Waals surface area contributed by atoms with Gasteiger partial charge in [0.25, 0.3) is 0 Å². The van der Waals surface area contributed by atoms with Crippen LogP contribution < -0.4 is 11.1 Å². The van der Waals surface area contributed by atoms with Gasteiger partial charge in [-0.1, -0.05) is 35.0 Å². The van der Waals surface area contributed by atoms with Crippen molar-refractivity contribution in [1.29, 1.82) is 0 Å². The van der Waals surface area contributed by atoms with Crippen LogP contribution >= 0.6 is 15.9 Å². The van der Waals surface area contributed by atoms with E-state index < -0.39 is 5.82 Å². The minimum atomic E-state index is -0.492. The minimum absolute atomic E-state index is 0.0437. The lowest BCUT2D eigenvalue weighted by molar-refractivity contribution is -0.116. The number of benzene rings is 2. The first-order valence-electron chi connectivity index (χ1n) is 6.56. The normalized spacial score (nSPS) is 12.0. The van der Waals surface area contributed by atoms with Crippen molar-refractivity contribution in [3.8, 4) is 0 Å². The van der Waals surface area contributed by atoms with Crippen LogP contribution in [0.15, 0.2) is 46.9 Å². The van der Waals surface area contributed by atoms with E-state index in [0.717, 1.165) is 10.0 Å². The third-order valence-electron chi connectivity index (χ3n) is 3.20. The molecule has 0 aliphatic carbocycles. The Morgan fingerprint density at radius 1 is 1.29 bits per heavy atom. The van der Waals surface area contributed by atoms with Gasteiger partial charge in [0, 0.05) is 16.6 Å². The van der Waals surface area contributed by atoms with Crippen molar-refractivity contribution < 1.29 is 9.18 Å². The van der Waals surface area contributed by atoms with E-state index in [9.17, 15) is 9.18 Å². The molecule has 1 atom stereocenters. The lowest BCUT2D eigenvalue weighted by Crippen LogP contribution is -2.15. The number of nitrogen functional groups attached to an aromatic ring is 1. The van der Waals surface area contributed by atoms with Gasteiger partial charge in [-0.05, 0) is 41.8 Å². The van der Waals surface area contributed by atoms with Gasteiger partial charge >= 0.3 is 0 Å². The summed E-state index contributed by atoms with van der Waals surface area (Å²) in [5.74, 6) is -0.689. The van der Waals surface area contributed by atoms with Crippen LogP contribution in [0.2, 0.25) is 0 Å². The van der Waals surface area contributed by atoms with E-state index in [1.807, 2.05) is 31.2 Å². The molecule has 0 heterocycles. The first-order valence-corrected chi connectivity index (χ1v) is 7.35. The standard InChI is InChI=1S/C16H16BrFN2O/c1-10(11-2-4-12(17)5-3-11)8-16(21)20-15-9-13(19)6-7-14(15)18/h2-7,9-10H,8,19H2,1H3,(H,20,21). The Hall–Kier alpha value is -1.88. The molecule has 2 rings (SSSR count). The number of amides is 1. The maximum Gasteiger partial charge on any atom is 0.225 e. The van der Waals surface area contributed by atoms with Crippen LogP contribution in [0.25, 0.3) is 0 Å². The van der Waals surface area contributed by atoms with Crippen molar-refractivity contribution in [2.45, 2.75) is 19.3 Å². The number of rotatable bonds is 4. The van der Waals surface area contributed by atoms with Gasteiger partial charge in [-0.25, -0.2) is 4.39 Å². The summed E-state index contributed by atoms with van der Waals surface area (Å²) in [7, 11) is 0. The molecule has 0 fully saturated rings. The van der Waals surface area contributed by atoms with Gasteiger partial charge in [-0.15, -0.1) is 0 Å². The number of hydrogen-bond acceptors (Lipinski definition) is 2. The largest absolute Gasteiger partial charge is 0.399 e. The van der Waals surface area contributed by atoms with Gasteiger partial charge in [0.1, 0.15) is 5.82 Å². The molecule has 21 heavy (non-hydrogen) atoms. The molecule has 3 nitrogen and oxygen atoms in total. The Bertz CT molecular complexity index is 643. The fraction of sp³-hybridized carbons (Fsp3) is 0.188. The zero-order valence-electron chi connectivity index (χ0n) is 11.6. The SMILES string of the molecule is CC(CC(=O)Nc1cc(N)ccc1F)c1ccc(Br)cc1. The fourth-order valence-corrected chi connectivity index (χ4v) is 2.29. The molecule has 2 aromatic carbocycles. The highest BCUT2D eigenvalue weighted by Crippen LogP contribution is 2.23. The predicted molar refractivity (Wildman–Crippen MR) is 86.6 cm³/mol. The summed E-state index contributed by atoms with van der Waals surface area (Å²) < 4.78 is 14.5. The number of hydrogen-bond donors (Lipinski definition) is 2. The fourth-order valence-electron chi connectivity index (χ4n) is 2.03. The van der Waals surface area contributed by atoms with Crippen LogP contribution in [-0.2, 0) is 4.79 Å². The summed E-state index contributed by atoms with van der Waals surface area (Å²) >= 11 is 3.37. The van der Waals surface area contributed by atoms with E-state index in [2.05, 4.69) is 21.2 Å². The molecular weight excluding hydrogens is 335 g/mol. The minimum Gasteiger partial charge on any atom is -0.399 e. The molecule has 0 saturated heterocycles. The van der Waals surface area contributed by atoms with Crippen LogP contribution in [0.1, 0.15) is 24.8 Å². The number of nitrogens with one attached hydrogen (secondary N) is 1. The van der Waals surface area contributed by atoms with Crippen molar-refractivity contribution in [2.24, 2.45) is 0 Å². The van der Waals surface area contributed by atoms with Gasteiger partial charge in [-0.2, -0.15) is 0 Å². The van der Waals surface area contributed by atoms with E-state index in [-0.39, 0.29) is 23.9 Å². The summed E-state index contributed by atoms with van der Waals surface area (Å²) in [6, 6.07) is 11.9. The zero-order valence-corrected chi connectivity index (χ0v) is 13.2. The molecule has 1 amide bonds. The molecule has 0 aliphatic rings. The Kier molecular flexibility index (Phi) is 4.96. The van der Waals surface area contributed by atoms with Gasteiger partial charge in [0.2, 0.25) is 5.91 Å². The number of halogens is 2. The Morgan fingerprint density at radius 2 is 1.95 bits per heavy atom. The Labute approximate surface area is 131 Å². The van der Waals surface area contributed by atoms with Crippen LogP contribution in [0.3, 0.4) is 0 Å². The quantitative estimate of drug-likeness (QED) is 0.807. The average molecular weight is 351 g/mol. The summed E-state index contributed by atoms with van der Waals surface area (Å²) in [6.07, 6.45) is 0.274. The number of nitrogens with two attached hydrogens (primary N) is 1. The number of carbonyl (C=O) groups is 1. The van der Waals surface area contributed by atoms with Crippen LogP contribution in [0.5, 0.6) is 0 Å². The smallest absolute Gasteiger partial charge is 0.225 e. The summed E-state index contributed by atoms with van der Waals surface area (Å²) in [5, 5.41) is 2.56. The lowest BCUT2D eigenvalue weighted by atomic mass is 9.97. The van der Waals surface area contributed by atoms with E-state index in [4.69, 9.17) is 5.73 Å². The highest BCUT2D eigenvalue weighted by molar-refractivity contribution is 9.10. The highest BCUT2D eigenvalue weighted by atomic mass is 79.9. The molecule has 110 valence electrons. The van der Waals surface area contributed by atoms with Gasteiger partial charge in [0.05, 0.1) is 5.69 Å². The molecule has 0 spiro atoms. The van der Waals surface area contributed by atoms with E-state index in [1.54, 1.807) is 0 Å². The Balaban J connectivity index is 2.01. The van der Waals surface area contributed by atoms with Gasteiger partial charge in [-0.3, -0.25) is 4.79 Å². The van der Waals surface area contributed by atoms with Gasteiger partial charge in [0.15, 0.2) is 0 Å². The zero-order chi connectivity index (χ0) is 15.4. The van der Waals surface area contributed by atoms with E-state index >= 15 is 0 Å². The monoisotopic (exact) mass is 350 g/mol. The second kappa shape index (κ2) is 6.72. The molecule has 0 aliphatic heterocycles. The summed E-state index contributed by atoms with van der Waals surface area (Å²) in [4.78, 5) is 12.0. The predicted octanol–water partition coefficient (Wildman–Crippen LogP) is 4.30. The lowest BCUT2D eigenvalue weighted by Gasteiger charge is -2.13. The molecule has 0 aromatic heterocycles. The Morgan fingerprint density at radius 3 is 2.62 bits per heavy atom. The maximum absolute atomic E-state index is 13.6. The van der Waals surface area contributed by atoms with Crippen LogP contribution in [-0.4, -0.2) is 5.91 Å². The van der Waals surface area contributed by atoms with Crippen LogP contribution in [0.4, 0.5) is 15.8 Å². The third-order valence-corrected chi connectivity index (χ3v) is 3.72. The molecular formula is C16H16BrFN2O. The molecule has 1 unspecified atom stereocenters. The second-order valence-corrected chi connectivity index (χ2v) is 5.86. The molecule has 5 heteroatoms. The molecule has 0 saturated carbocycles. The molecule has 2 aromatic rings. The third kappa shape index (κ3) is 4.29. The second-order valence-electron chi connectivity index (χ2n) is 4.94. The number of anilines is 2. The maximum atomic E-state index is 13.6. The first-order chi connectivity index (χ1) is 9.95.